The number of thiol groups is 1. The van der Waals surface area contributed by atoms with Gasteiger partial charge in [-0.2, -0.15) is 18.3 Å². The number of aromatic nitrogens is 2. The van der Waals surface area contributed by atoms with Crippen molar-refractivity contribution in [1.29, 1.82) is 0 Å². The number of nitrogens with two attached hydrogens (primary N) is 1. The molecular weight excluding hydrogens is 523 g/mol. The number of thioether (sulfide) groups is 1. The van der Waals surface area contributed by atoms with Crippen LogP contribution in [0.5, 0.6) is 0 Å². The average molecular weight is 529 g/mol. The van der Waals surface area contributed by atoms with E-state index >= 15 is 0 Å². The Balaban J connectivity index is 2.78. The Hall–Kier alpha value is -1.23. The zero-order chi connectivity index (χ0) is 22.6. The highest BCUT2D eigenvalue weighted by Gasteiger charge is 2.65. The summed E-state index contributed by atoms with van der Waals surface area (Å²) in [7, 11) is -10.2. The number of nitrogens with one attached hydrogen (secondary N) is 1. The first-order valence-electron chi connectivity index (χ1n) is 6.57. The van der Waals surface area contributed by atoms with Crippen molar-refractivity contribution in [2.24, 2.45) is 0 Å². The Morgan fingerprint density at radius 3 is 2.03 bits per heavy atom. The zero-order valence-electron chi connectivity index (χ0n) is 13.1. The largest absolute Gasteiger partial charge is 0.446 e. The highest BCUT2D eigenvalue weighted by molar-refractivity contribution is 8.45. The molecule has 2 rings (SSSR count). The van der Waals surface area contributed by atoms with Crippen LogP contribution in [0.2, 0.25) is 10.0 Å². The fourth-order valence-electron chi connectivity index (χ4n) is 1.97. The van der Waals surface area contributed by atoms with Gasteiger partial charge in [0.25, 0.3) is 5.91 Å². The van der Waals surface area contributed by atoms with Gasteiger partial charge in [-0.3, -0.25) is 9.52 Å². The van der Waals surface area contributed by atoms with E-state index < -0.39 is 70.4 Å². The number of nitrogens with zero attached hydrogens (tertiary/aromatic N) is 2. The quantitative estimate of drug-likeness (QED) is 0.237. The van der Waals surface area contributed by atoms with E-state index in [2.05, 4.69) is 17.9 Å². The lowest BCUT2D eigenvalue weighted by Gasteiger charge is -2.40. The lowest BCUT2D eigenvalue weighted by atomic mass is 10.3. The molecule has 0 bridgehead atoms. The van der Waals surface area contributed by atoms with E-state index in [-0.39, 0.29) is 12.1 Å². The van der Waals surface area contributed by atoms with Crippen LogP contribution in [0.4, 0.5) is 38.4 Å². The molecule has 3 N–H and O–H groups in total. The number of alkyl halides is 3. The van der Waals surface area contributed by atoms with Crippen LogP contribution in [0.15, 0.2) is 21.9 Å². The van der Waals surface area contributed by atoms with Gasteiger partial charge in [-0.05, 0) is 23.9 Å². The maximum atomic E-state index is 13.0. The van der Waals surface area contributed by atoms with Gasteiger partial charge in [0.1, 0.15) is 16.4 Å². The van der Waals surface area contributed by atoms with Crippen molar-refractivity contribution in [3.05, 3.63) is 27.9 Å². The maximum Gasteiger partial charge on any atom is 0.446 e. The normalized spacial score (nSPS) is 15.0. The lowest BCUT2D eigenvalue weighted by Crippen LogP contribution is -2.15. The first kappa shape index (κ1) is 24.0. The number of amides is 1. The summed E-state index contributed by atoms with van der Waals surface area (Å²) in [4.78, 5) is 8.37. The molecule has 1 aromatic carbocycles. The number of benzene rings is 1. The number of carbonyl (C=O) groups excluding carboxylic acids is 1. The third-order valence-electron chi connectivity index (χ3n) is 3.06. The Morgan fingerprint density at radius 2 is 1.66 bits per heavy atom. The van der Waals surface area contributed by atoms with Gasteiger partial charge in [0.05, 0.1) is 14.9 Å². The van der Waals surface area contributed by atoms with Crippen molar-refractivity contribution in [3.63, 3.8) is 0 Å². The van der Waals surface area contributed by atoms with E-state index in [9.17, 15) is 37.4 Å². The lowest BCUT2D eigenvalue weighted by molar-refractivity contribution is -0.0328. The fourth-order valence-corrected chi connectivity index (χ4v) is 4.19. The van der Waals surface area contributed by atoms with Crippen molar-refractivity contribution in [3.8, 4) is 5.69 Å². The molecule has 0 fully saturated rings. The van der Waals surface area contributed by atoms with E-state index in [1.54, 1.807) is 4.72 Å². The van der Waals surface area contributed by atoms with E-state index in [1.807, 2.05) is 0 Å². The van der Waals surface area contributed by atoms with E-state index in [0.717, 1.165) is 0 Å². The van der Waals surface area contributed by atoms with Crippen molar-refractivity contribution < 1.29 is 37.4 Å². The van der Waals surface area contributed by atoms with Crippen molar-refractivity contribution in [2.75, 3.05) is 5.73 Å². The Kier molecular flexibility index (Phi) is 5.50. The molecule has 18 heteroatoms. The van der Waals surface area contributed by atoms with Crippen LogP contribution in [0.1, 0.15) is 10.5 Å². The number of nitrogen functional groups attached to an aromatic ring is 1. The van der Waals surface area contributed by atoms with E-state index in [1.165, 1.54) is 0 Å². The molecule has 0 aliphatic rings. The van der Waals surface area contributed by atoms with E-state index in [0.29, 0.717) is 4.68 Å². The monoisotopic (exact) mass is 528 g/mol. The van der Waals surface area contributed by atoms with Gasteiger partial charge in [-0.25, -0.2) is 4.68 Å². The van der Waals surface area contributed by atoms with Gasteiger partial charge in [-0.1, -0.05) is 55.4 Å². The molecule has 0 radical (unpaired) electrons. The maximum absolute atomic E-state index is 13.0. The second-order valence-electron chi connectivity index (χ2n) is 5.17. The summed E-state index contributed by atoms with van der Waals surface area (Å²) in [6.45, 7) is 0. The van der Waals surface area contributed by atoms with Crippen LogP contribution in [-0.2, 0) is 0 Å². The van der Waals surface area contributed by atoms with Crippen LogP contribution in [0.25, 0.3) is 5.69 Å². The van der Waals surface area contributed by atoms with Crippen LogP contribution >= 0.6 is 58.0 Å². The standard InChI is InChI=1S/C11H6Cl2F8N4OS3/c12-4-1-3(29(17,18,19,20)21)2-5(13)7(4)25-9(22)8(28-11(14,15)16)6(23-25)10(26)24-27/h1-2,27H,22H2,(H,24,26). The van der Waals surface area contributed by atoms with Crippen molar-refractivity contribution in [1.82, 2.24) is 14.5 Å². The molecule has 164 valence electrons. The highest BCUT2D eigenvalue weighted by atomic mass is 35.5. The van der Waals surface area contributed by atoms with Crippen LogP contribution in [-0.4, -0.2) is 21.2 Å². The summed E-state index contributed by atoms with van der Waals surface area (Å²) in [5.41, 5.74) is -1.06. The topological polar surface area (TPSA) is 72.9 Å². The van der Waals surface area contributed by atoms with Crippen molar-refractivity contribution in [2.45, 2.75) is 15.3 Å². The minimum Gasteiger partial charge on any atom is -0.383 e. The van der Waals surface area contributed by atoms with Gasteiger partial charge in [0.2, 0.25) is 0 Å². The predicted octanol–water partition coefficient (Wildman–Crippen LogP) is 6.61. The van der Waals surface area contributed by atoms with Gasteiger partial charge < -0.3 is 5.73 Å². The summed E-state index contributed by atoms with van der Waals surface area (Å²) in [5.74, 6) is -2.13. The van der Waals surface area contributed by atoms with Gasteiger partial charge in [-0.15, -0.1) is 0 Å². The van der Waals surface area contributed by atoms with Crippen LogP contribution < -0.4 is 10.5 Å². The molecule has 0 aliphatic carbocycles. The minimum absolute atomic E-state index is 0.180. The molecule has 0 spiro atoms. The molecule has 0 atom stereocenters. The number of anilines is 1. The smallest absolute Gasteiger partial charge is 0.383 e. The third kappa shape index (κ3) is 5.28. The number of carbonyl (C=O) groups is 1. The molecule has 0 saturated heterocycles. The first-order chi connectivity index (χ1) is 12.7. The summed E-state index contributed by atoms with van der Waals surface area (Å²) < 4.78 is 105. The Labute approximate surface area is 176 Å². The SMILES string of the molecule is Nc1c(SC(F)(F)F)c(C(=O)NS)nn1-c1c(Cl)cc(S(F)(F)(F)(F)F)cc1Cl. The molecule has 1 heterocycles. The summed E-state index contributed by atoms with van der Waals surface area (Å²) >= 11 is 13.8. The number of halogens is 10. The molecule has 0 unspecified atom stereocenters. The number of rotatable bonds is 4. The van der Waals surface area contributed by atoms with Crippen LogP contribution in [0.3, 0.4) is 0 Å². The predicted molar refractivity (Wildman–Crippen MR) is 97.8 cm³/mol. The minimum atomic E-state index is -10.2. The van der Waals surface area contributed by atoms with E-state index in [4.69, 9.17) is 28.9 Å². The Morgan fingerprint density at radius 1 is 1.17 bits per heavy atom. The first-order valence-corrected chi connectivity index (χ1v) is 10.5. The second-order valence-corrected chi connectivity index (χ2v) is 9.69. The molecule has 2 aromatic rings. The molecule has 5 nitrogen and oxygen atoms in total. The summed E-state index contributed by atoms with van der Waals surface area (Å²) in [5, 5.41) is 1.35. The average Bonchev–Trinajstić information content (AvgIpc) is 2.79. The number of hydrogen-bond acceptors (Lipinski definition) is 5. The molecular formula is C11H6Cl2F8N4OS3. The Bertz CT molecular complexity index is 986. The van der Waals surface area contributed by atoms with Gasteiger partial charge >= 0.3 is 15.7 Å². The van der Waals surface area contributed by atoms with Gasteiger partial charge in [0.15, 0.2) is 5.69 Å². The highest BCUT2D eigenvalue weighted by Crippen LogP contribution is 3.02. The van der Waals surface area contributed by atoms with Crippen LogP contribution in [0, 0.1) is 0 Å². The molecule has 1 aromatic heterocycles. The summed E-state index contributed by atoms with van der Waals surface area (Å²) in [6, 6.07) is -0.360. The van der Waals surface area contributed by atoms with Gasteiger partial charge in [0, 0.05) is 0 Å². The molecule has 29 heavy (non-hydrogen) atoms. The molecule has 0 saturated carbocycles. The number of hydrogen-bond donors (Lipinski definition) is 3. The summed E-state index contributed by atoms with van der Waals surface area (Å²) in [6.07, 6.45) is 0. The van der Waals surface area contributed by atoms with Crippen molar-refractivity contribution >= 4 is 69.7 Å². The molecule has 0 aliphatic heterocycles. The fraction of sp³-hybridized carbons (Fsp3) is 0.0909. The zero-order valence-corrected chi connectivity index (χ0v) is 17.1. The molecule has 1 amide bonds. The third-order valence-corrected chi connectivity index (χ3v) is 5.80. The second kappa shape index (κ2) is 6.63.